The molecule has 0 aliphatic heterocycles. The standard InChI is InChI=1S/C12H20ClN3OS/c1-9(2)18-8-11(17)12-10(13)7-14-16(12)6-5-15(3)4/h7,9H,5-6,8H2,1-4H3. The van der Waals surface area contributed by atoms with Crippen molar-refractivity contribution >= 4 is 29.1 Å². The highest BCUT2D eigenvalue weighted by Crippen LogP contribution is 2.19. The van der Waals surface area contributed by atoms with Gasteiger partial charge >= 0.3 is 0 Å². The van der Waals surface area contributed by atoms with Gasteiger partial charge in [-0.2, -0.15) is 16.9 Å². The lowest BCUT2D eigenvalue weighted by atomic mass is 10.3. The van der Waals surface area contributed by atoms with Gasteiger partial charge in [0.1, 0.15) is 5.69 Å². The predicted molar refractivity (Wildman–Crippen MR) is 77.7 cm³/mol. The second kappa shape index (κ2) is 7.16. The van der Waals surface area contributed by atoms with Gasteiger partial charge in [0, 0.05) is 6.54 Å². The molecule has 0 atom stereocenters. The van der Waals surface area contributed by atoms with Crippen molar-refractivity contribution in [3.63, 3.8) is 0 Å². The van der Waals surface area contributed by atoms with Crippen LogP contribution in [0.3, 0.4) is 0 Å². The molecule has 0 amide bonds. The molecule has 0 aromatic carbocycles. The zero-order valence-electron chi connectivity index (χ0n) is 11.3. The molecule has 0 radical (unpaired) electrons. The number of carbonyl (C=O) groups is 1. The molecule has 0 bridgehead atoms. The maximum Gasteiger partial charge on any atom is 0.192 e. The minimum Gasteiger partial charge on any atom is -0.308 e. The molecule has 0 spiro atoms. The Labute approximate surface area is 118 Å². The zero-order chi connectivity index (χ0) is 13.7. The molecule has 0 unspecified atom stereocenters. The fraction of sp³-hybridized carbons (Fsp3) is 0.667. The van der Waals surface area contributed by atoms with Crippen LogP contribution < -0.4 is 0 Å². The first-order valence-electron chi connectivity index (χ1n) is 5.92. The van der Waals surface area contributed by atoms with Gasteiger partial charge in [-0.25, -0.2) is 0 Å². The number of aromatic nitrogens is 2. The summed E-state index contributed by atoms with van der Waals surface area (Å²) >= 11 is 7.66. The molecule has 1 heterocycles. The number of thioether (sulfide) groups is 1. The average molecular weight is 290 g/mol. The normalized spacial score (nSPS) is 11.5. The van der Waals surface area contributed by atoms with E-state index in [-0.39, 0.29) is 5.78 Å². The lowest BCUT2D eigenvalue weighted by molar-refractivity contribution is 0.101. The molecule has 18 heavy (non-hydrogen) atoms. The fourth-order valence-electron chi connectivity index (χ4n) is 1.41. The molecular formula is C12H20ClN3OS. The summed E-state index contributed by atoms with van der Waals surface area (Å²) in [7, 11) is 3.97. The monoisotopic (exact) mass is 289 g/mol. The first kappa shape index (κ1) is 15.5. The fourth-order valence-corrected chi connectivity index (χ4v) is 2.28. The van der Waals surface area contributed by atoms with Gasteiger partial charge in [-0.05, 0) is 19.3 Å². The molecule has 0 fully saturated rings. The summed E-state index contributed by atoms with van der Waals surface area (Å²) in [5.41, 5.74) is 0.534. The number of halogens is 1. The van der Waals surface area contributed by atoms with E-state index in [9.17, 15) is 4.79 Å². The van der Waals surface area contributed by atoms with Gasteiger partial charge in [0.15, 0.2) is 5.78 Å². The molecule has 0 N–H and O–H groups in total. The minimum absolute atomic E-state index is 0.0509. The average Bonchev–Trinajstić information content (AvgIpc) is 2.64. The summed E-state index contributed by atoms with van der Waals surface area (Å²) in [6.07, 6.45) is 1.55. The van der Waals surface area contributed by atoms with E-state index in [0.29, 0.717) is 28.3 Å². The van der Waals surface area contributed by atoms with E-state index >= 15 is 0 Å². The predicted octanol–water partition coefficient (Wildman–Crippen LogP) is 2.42. The molecule has 6 heteroatoms. The summed E-state index contributed by atoms with van der Waals surface area (Å²) in [5.74, 6) is 0.500. The molecule has 0 saturated heterocycles. The van der Waals surface area contributed by atoms with E-state index in [4.69, 9.17) is 11.6 Å². The van der Waals surface area contributed by atoms with E-state index in [1.165, 1.54) is 0 Å². The van der Waals surface area contributed by atoms with Gasteiger partial charge in [-0.3, -0.25) is 9.48 Å². The summed E-state index contributed by atoms with van der Waals surface area (Å²) < 4.78 is 1.70. The van der Waals surface area contributed by atoms with Crippen molar-refractivity contribution in [2.75, 3.05) is 26.4 Å². The van der Waals surface area contributed by atoms with E-state index in [1.54, 1.807) is 22.6 Å². The van der Waals surface area contributed by atoms with E-state index in [2.05, 4.69) is 18.9 Å². The smallest absolute Gasteiger partial charge is 0.192 e. The van der Waals surface area contributed by atoms with Crippen LogP contribution in [-0.4, -0.2) is 52.1 Å². The summed E-state index contributed by atoms with van der Waals surface area (Å²) in [6.45, 7) is 5.65. The molecule has 0 aliphatic carbocycles. The number of hydrogen-bond acceptors (Lipinski definition) is 4. The van der Waals surface area contributed by atoms with Gasteiger partial charge in [-0.15, -0.1) is 0 Å². The molecule has 1 aromatic rings. The van der Waals surface area contributed by atoms with Crippen LogP contribution in [0.4, 0.5) is 0 Å². The van der Waals surface area contributed by atoms with Crippen LogP contribution in [0.1, 0.15) is 24.3 Å². The Morgan fingerprint density at radius 1 is 1.56 bits per heavy atom. The molecule has 0 aliphatic rings. The Bertz CT molecular complexity index is 404. The SMILES string of the molecule is CC(C)SCC(=O)c1c(Cl)cnn1CCN(C)C. The Morgan fingerprint density at radius 2 is 2.22 bits per heavy atom. The maximum absolute atomic E-state index is 12.1. The van der Waals surface area contributed by atoms with Crippen LogP contribution in [0.5, 0.6) is 0 Å². The highest BCUT2D eigenvalue weighted by molar-refractivity contribution is 8.00. The number of hydrogen-bond donors (Lipinski definition) is 0. The topological polar surface area (TPSA) is 38.1 Å². The van der Waals surface area contributed by atoms with Crippen LogP contribution >= 0.6 is 23.4 Å². The zero-order valence-corrected chi connectivity index (χ0v) is 12.9. The van der Waals surface area contributed by atoms with Gasteiger partial charge in [-0.1, -0.05) is 25.4 Å². The molecule has 102 valence electrons. The molecule has 0 saturated carbocycles. The van der Waals surface area contributed by atoms with Crippen LogP contribution in [0, 0.1) is 0 Å². The van der Waals surface area contributed by atoms with E-state index in [0.717, 1.165) is 6.54 Å². The quantitative estimate of drug-likeness (QED) is 0.723. The number of rotatable bonds is 7. The van der Waals surface area contributed by atoms with Gasteiger partial charge in [0.25, 0.3) is 0 Å². The lowest BCUT2D eigenvalue weighted by Crippen LogP contribution is -2.22. The van der Waals surface area contributed by atoms with Crippen LogP contribution in [0.15, 0.2) is 6.20 Å². The Kier molecular flexibility index (Phi) is 6.18. The minimum atomic E-state index is 0.0509. The number of likely N-dealkylation sites (N-methyl/N-ethyl adjacent to an activating group) is 1. The van der Waals surface area contributed by atoms with Crippen LogP contribution in [-0.2, 0) is 6.54 Å². The maximum atomic E-state index is 12.1. The summed E-state index contributed by atoms with van der Waals surface area (Å²) in [6, 6.07) is 0. The molecule has 1 rings (SSSR count). The van der Waals surface area contributed by atoms with E-state index < -0.39 is 0 Å². The van der Waals surface area contributed by atoms with Crippen LogP contribution in [0.2, 0.25) is 5.02 Å². The first-order chi connectivity index (χ1) is 8.41. The van der Waals surface area contributed by atoms with Crippen molar-refractivity contribution in [1.82, 2.24) is 14.7 Å². The first-order valence-corrected chi connectivity index (χ1v) is 7.35. The van der Waals surface area contributed by atoms with Crippen LogP contribution in [0.25, 0.3) is 0 Å². The third-order valence-corrected chi connectivity index (χ3v) is 3.74. The molecule has 1 aromatic heterocycles. The van der Waals surface area contributed by atoms with E-state index in [1.807, 2.05) is 19.0 Å². The second-order valence-electron chi connectivity index (χ2n) is 4.65. The third kappa shape index (κ3) is 4.63. The van der Waals surface area contributed by atoms with Gasteiger partial charge < -0.3 is 4.90 Å². The highest BCUT2D eigenvalue weighted by Gasteiger charge is 2.17. The number of ketones is 1. The highest BCUT2D eigenvalue weighted by atomic mass is 35.5. The second-order valence-corrected chi connectivity index (χ2v) is 6.62. The Hall–Kier alpha value is -0.520. The molecule has 4 nitrogen and oxygen atoms in total. The van der Waals surface area contributed by atoms with Gasteiger partial charge in [0.2, 0.25) is 0 Å². The largest absolute Gasteiger partial charge is 0.308 e. The Morgan fingerprint density at radius 3 is 2.78 bits per heavy atom. The van der Waals surface area contributed by atoms with Gasteiger partial charge in [0.05, 0.1) is 23.5 Å². The lowest BCUT2D eigenvalue weighted by Gasteiger charge is -2.12. The van der Waals surface area contributed by atoms with Crippen molar-refractivity contribution in [1.29, 1.82) is 0 Å². The molecular weight excluding hydrogens is 270 g/mol. The summed E-state index contributed by atoms with van der Waals surface area (Å²) in [4.78, 5) is 14.2. The number of nitrogens with zero attached hydrogens (tertiary/aromatic N) is 3. The van der Waals surface area contributed by atoms with Crippen molar-refractivity contribution < 1.29 is 4.79 Å². The Balaban J connectivity index is 2.73. The number of Topliss-reactive ketones (excluding diaryl/α,β-unsaturated/α-hetero) is 1. The third-order valence-electron chi connectivity index (χ3n) is 2.37. The van der Waals surface area contributed by atoms with Crippen molar-refractivity contribution in [2.24, 2.45) is 0 Å². The van der Waals surface area contributed by atoms with Crippen molar-refractivity contribution in [3.05, 3.63) is 16.9 Å². The summed E-state index contributed by atoms with van der Waals surface area (Å²) in [5, 5.41) is 5.05. The van der Waals surface area contributed by atoms with Crippen molar-refractivity contribution in [2.45, 2.75) is 25.6 Å². The van der Waals surface area contributed by atoms with Crippen molar-refractivity contribution in [3.8, 4) is 0 Å². The number of carbonyl (C=O) groups excluding carboxylic acids is 1.